The zero-order chi connectivity index (χ0) is 17.1. The van der Waals surface area contributed by atoms with Gasteiger partial charge in [0.15, 0.2) is 0 Å². The molecular weight excluding hydrogens is 322 g/mol. The Bertz CT molecular complexity index is 956. The monoisotopic (exact) mass is 337 g/mol. The van der Waals surface area contributed by atoms with Crippen LogP contribution in [0.4, 0.5) is 5.69 Å². The molecule has 0 spiro atoms. The Morgan fingerprint density at radius 1 is 1.12 bits per heavy atom. The second-order valence-electron chi connectivity index (χ2n) is 5.34. The van der Waals surface area contributed by atoms with Gasteiger partial charge in [0.25, 0.3) is 0 Å². The van der Waals surface area contributed by atoms with Crippen molar-refractivity contribution < 1.29 is 14.7 Å². The normalized spacial score (nSPS) is 11.5. The number of benzene rings is 2. The number of carbonyl (C=O) groups is 2. The number of allylic oxidation sites excluding steroid dienone is 1. The Hall–Kier alpha value is -2.92. The minimum absolute atomic E-state index is 0.0663. The lowest BCUT2D eigenvalue weighted by atomic mass is 10.1. The van der Waals surface area contributed by atoms with E-state index in [9.17, 15) is 9.59 Å². The fraction of sp³-hybridized carbons (Fsp3) is 0.0526. The summed E-state index contributed by atoms with van der Waals surface area (Å²) >= 11 is 1.67. The molecule has 1 amide bonds. The second-order valence-corrected chi connectivity index (χ2v) is 6.29. The summed E-state index contributed by atoms with van der Waals surface area (Å²) in [5.74, 6) is -1.43. The molecule has 5 heteroatoms. The summed E-state index contributed by atoms with van der Waals surface area (Å²) in [6, 6.07) is 14.4. The topological polar surface area (TPSA) is 66.4 Å². The van der Waals surface area contributed by atoms with Gasteiger partial charge in [-0.2, -0.15) is 0 Å². The minimum atomic E-state index is -1.07. The van der Waals surface area contributed by atoms with Gasteiger partial charge >= 0.3 is 5.97 Å². The van der Waals surface area contributed by atoms with E-state index in [-0.39, 0.29) is 17.2 Å². The van der Waals surface area contributed by atoms with Crippen molar-refractivity contribution in [2.75, 3.05) is 5.32 Å². The number of carboxylic acid groups (broad SMARTS) is 1. The number of para-hydroxylation sites is 1. The third kappa shape index (κ3) is 3.36. The van der Waals surface area contributed by atoms with Crippen molar-refractivity contribution in [1.29, 1.82) is 0 Å². The zero-order valence-electron chi connectivity index (χ0n) is 12.9. The van der Waals surface area contributed by atoms with Crippen LogP contribution in [0, 0.1) is 0 Å². The molecule has 3 rings (SSSR count). The first kappa shape index (κ1) is 16.0. The Kier molecular flexibility index (Phi) is 4.44. The SMILES string of the molecule is C/C(=C/C(=O)Nc1ccccc1C(=O)O)c1ccc2sccc2c1. The zero-order valence-corrected chi connectivity index (χ0v) is 13.8. The van der Waals surface area contributed by atoms with E-state index >= 15 is 0 Å². The summed E-state index contributed by atoms with van der Waals surface area (Å²) in [6.45, 7) is 1.86. The largest absolute Gasteiger partial charge is 0.478 e. The van der Waals surface area contributed by atoms with Crippen molar-refractivity contribution in [2.45, 2.75) is 6.92 Å². The van der Waals surface area contributed by atoms with Crippen LogP contribution in [0.3, 0.4) is 0 Å². The number of aromatic carboxylic acids is 1. The van der Waals surface area contributed by atoms with Crippen molar-refractivity contribution in [2.24, 2.45) is 0 Å². The lowest BCUT2D eigenvalue weighted by Gasteiger charge is -2.07. The van der Waals surface area contributed by atoms with Gasteiger partial charge < -0.3 is 10.4 Å². The molecule has 0 aliphatic heterocycles. The van der Waals surface area contributed by atoms with Crippen LogP contribution in [0.1, 0.15) is 22.8 Å². The van der Waals surface area contributed by atoms with Gasteiger partial charge in [0.1, 0.15) is 0 Å². The maximum atomic E-state index is 12.2. The van der Waals surface area contributed by atoms with Crippen molar-refractivity contribution in [3.8, 4) is 0 Å². The smallest absolute Gasteiger partial charge is 0.337 e. The highest BCUT2D eigenvalue weighted by atomic mass is 32.1. The number of anilines is 1. The molecule has 2 aromatic carbocycles. The van der Waals surface area contributed by atoms with Crippen molar-refractivity contribution in [1.82, 2.24) is 0 Å². The van der Waals surface area contributed by atoms with E-state index in [0.29, 0.717) is 0 Å². The molecule has 0 aliphatic carbocycles. The maximum absolute atomic E-state index is 12.2. The van der Waals surface area contributed by atoms with Gasteiger partial charge in [-0.25, -0.2) is 4.79 Å². The molecule has 0 saturated carbocycles. The molecule has 24 heavy (non-hydrogen) atoms. The molecular formula is C19H15NO3S. The third-order valence-corrected chi connectivity index (χ3v) is 4.57. The molecule has 0 radical (unpaired) electrons. The first-order chi connectivity index (χ1) is 11.5. The molecule has 0 fully saturated rings. The van der Waals surface area contributed by atoms with Gasteiger partial charge in [-0.15, -0.1) is 11.3 Å². The average Bonchev–Trinajstić information content (AvgIpc) is 3.02. The van der Waals surface area contributed by atoms with Gasteiger partial charge in [0.2, 0.25) is 5.91 Å². The number of hydrogen-bond acceptors (Lipinski definition) is 3. The highest BCUT2D eigenvalue weighted by Crippen LogP contribution is 2.25. The molecule has 1 heterocycles. The summed E-state index contributed by atoms with van der Waals surface area (Å²) in [7, 11) is 0. The van der Waals surface area contributed by atoms with Crippen LogP contribution >= 0.6 is 11.3 Å². The number of hydrogen-bond donors (Lipinski definition) is 2. The van der Waals surface area contributed by atoms with Gasteiger partial charge in [0, 0.05) is 10.8 Å². The van der Waals surface area contributed by atoms with Crippen LogP contribution in [0.2, 0.25) is 0 Å². The summed E-state index contributed by atoms with van der Waals surface area (Å²) in [5, 5.41) is 15.0. The third-order valence-electron chi connectivity index (χ3n) is 3.67. The van der Waals surface area contributed by atoms with Gasteiger partial charge in [-0.3, -0.25) is 4.79 Å². The summed E-state index contributed by atoms with van der Waals surface area (Å²) < 4.78 is 1.20. The number of fused-ring (bicyclic) bond motifs is 1. The van der Waals surface area contributed by atoms with Crippen LogP contribution in [-0.4, -0.2) is 17.0 Å². The minimum Gasteiger partial charge on any atom is -0.478 e. The van der Waals surface area contributed by atoms with Crippen LogP contribution in [-0.2, 0) is 4.79 Å². The molecule has 120 valence electrons. The van der Waals surface area contributed by atoms with E-state index < -0.39 is 5.97 Å². The van der Waals surface area contributed by atoms with Gasteiger partial charge in [0.05, 0.1) is 11.3 Å². The molecule has 1 aromatic heterocycles. The van der Waals surface area contributed by atoms with Crippen LogP contribution < -0.4 is 5.32 Å². The number of nitrogens with one attached hydrogen (secondary N) is 1. The van der Waals surface area contributed by atoms with Crippen molar-refractivity contribution >= 4 is 44.6 Å². The van der Waals surface area contributed by atoms with E-state index in [1.807, 2.05) is 36.6 Å². The lowest BCUT2D eigenvalue weighted by Crippen LogP contribution is -2.12. The molecule has 2 N–H and O–H groups in total. The number of carbonyl (C=O) groups excluding carboxylic acids is 1. The standard InChI is InChI=1S/C19H15NO3S/c1-12(13-6-7-17-14(11-13)8-9-24-17)10-18(21)20-16-5-3-2-4-15(16)19(22)23/h2-11H,1H3,(H,20,21)(H,22,23)/b12-10-. The molecule has 0 aliphatic rings. The highest BCUT2D eigenvalue weighted by Gasteiger charge is 2.11. The molecule has 0 unspecified atom stereocenters. The van der Waals surface area contributed by atoms with Gasteiger partial charge in [-0.1, -0.05) is 18.2 Å². The van der Waals surface area contributed by atoms with E-state index in [4.69, 9.17) is 5.11 Å². The quantitative estimate of drug-likeness (QED) is 0.682. The average molecular weight is 337 g/mol. The first-order valence-electron chi connectivity index (χ1n) is 7.34. The Morgan fingerprint density at radius 2 is 1.92 bits per heavy atom. The molecule has 0 bridgehead atoms. The van der Waals surface area contributed by atoms with E-state index in [2.05, 4.69) is 5.32 Å². The molecule has 4 nitrogen and oxygen atoms in total. The van der Waals surface area contributed by atoms with Crippen LogP contribution in [0.5, 0.6) is 0 Å². The number of rotatable bonds is 4. The van der Waals surface area contributed by atoms with E-state index in [0.717, 1.165) is 16.5 Å². The Morgan fingerprint density at radius 3 is 2.71 bits per heavy atom. The second kappa shape index (κ2) is 6.68. The molecule has 0 atom stereocenters. The number of carboxylic acids is 1. The summed E-state index contributed by atoms with van der Waals surface area (Å²) in [6.07, 6.45) is 1.48. The predicted molar refractivity (Wildman–Crippen MR) is 97.5 cm³/mol. The van der Waals surface area contributed by atoms with E-state index in [1.54, 1.807) is 29.5 Å². The van der Waals surface area contributed by atoms with E-state index in [1.165, 1.54) is 16.8 Å². The van der Waals surface area contributed by atoms with Crippen LogP contribution in [0.15, 0.2) is 60.0 Å². The lowest BCUT2D eigenvalue weighted by molar-refractivity contribution is -0.111. The van der Waals surface area contributed by atoms with Gasteiger partial charge in [-0.05, 0) is 59.2 Å². The fourth-order valence-corrected chi connectivity index (χ4v) is 3.21. The van der Waals surface area contributed by atoms with Crippen molar-refractivity contribution in [3.63, 3.8) is 0 Å². The highest BCUT2D eigenvalue weighted by molar-refractivity contribution is 7.17. The summed E-state index contributed by atoms with van der Waals surface area (Å²) in [4.78, 5) is 23.4. The predicted octanol–water partition coefficient (Wildman–Crippen LogP) is 4.64. The first-order valence-corrected chi connectivity index (χ1v) is 8.22. The van der Waals surface area contributed by atoms with Crippen LogP contribution in [0.25, 0.3) is 15.7 Å². The molecule has 3 aromatic rings. The Balaban J connectivity index is 1.82. The van der Waals surface area contributed by atoms with Crippen molar-refractivity contribution in [3.05, 3.63) is 71.1 Å². The Labute approximate surface area is 143 Å². The fourth-order valence-electron chi connectivity index (χ4n) is 2.44. The molecule has 0 saturated heterocycles. The summed E-state index contributed by atoms with van der Waals surface area (Å²) in [5.41, 5.74) is 2.12. The maximum Gasteiger partial charge on any atom is 0.337 e. The number of amides is 1. The number of thiophene rings is 1.